The van der Waals surface area contributed by atoms with Gasteiger partial charge in [0.1, 0.15) is 0 Å². The summed E-state index contributed by atoms with van der Waals surface area (Å²) in [4.78, 5) is 6.60. The first-order chi connectivity index (χ1) is 5.81. The summed E-state index contributed by atoms with van der Waals surface area (Å²) in [6.07, 6.45) is 1.57. The molecule has 2 rings (SSSR count). The molecular formula is C8H10N2OS. The molecule has 1 N–H and O–H groups in total. The molecule has 0 amide bonds. The second kappa shape index (κ2) is 2.88. The molecule has 0 bridgehead atoms. The highest BCUT2D eigenvalue weighted by atomic mass is 32.1. The minimum absolute atomic E-state index is 0.111. The largest absolute Gasteiger partial charge is 0.355 e. The lowest BCUT2D eigenvalue weighted by Gasteiger charge is -2.15. The van der Waals surface area contributed by atoms with Crippen molar-refractivity contribution in [2.24, 2.45) is 4.99 Å². The zero-order chi connectivity index (χ0) is 8.55. The Morgan fingerprint density at radius 1 is 1.67 bits per heavy atom. The molecule has 0 fully saturated rings. The Bertz CT molecular complexity index is 319. The van der Waals surface area contributed by atoms with E-state index >= 15 is 0 Å². The van der Waals surface area contributed by atoms with Gasteiger partial charge in [0, 0.05) is 12.0 Å². The molecule has 3 nitrogen and oxygen atoms in total. The van der Waals surface area contributed by atoms with Gasteiger partial charge in [-0.2, -0.15) is 0 Å². The van der Waals surface area contributed by atoms with E-state index in [0.717, 1.165) is 10.6 Å². The molecule has 0 saturated heterocycles. The van der Waals surface area contributed by atoms with E-state index in [2.05, 4.69) is 23.3 Å². The van der Waals surface area contributed by atoms with Gasteiger partial charge in [-0.15, -0.1) is 11.3 Å². The quantitative estimate of drug-likeness (QED) is 0.722. The maximum absolute atomic E-state index is 5.20. The average molecular weight is 182 g/mol. The van der Waals surface area contributed by atoms with Crippen molar-refractivity contribution in [2.45, 2.75) is 13.2 Å². The Morgan fingerprint density at radius 2 is 2.50 bits per heavy atom. The highest BCUT2D eigenvalue weighted by molar-refractivity contribution is 7.12. The Kier molecular flexibility index (Phi) is 1.86. The van der Waals surface area contributed by atoms with Crippen molar-refractivity contribution >= 4 is 23.4 Å². The van der Waals surface area contributed by atoms with Gasteiger partial charge in [-0.3, -0.25) is 0 Å². The summed E-state index contributed by atoms with van der Waals surface area (Å²) < 4.78 is 5.20. The van der Waals surface area contributed by atoms with Crippen LogP contribution >= 0.6 is 11.3 Å². The molecule has 0 spiro atoms. The van der Waals surface area contributed by atoms with Crippen molar-refractivity contribution in [3.63, 3.8) is 0 Å². The van der Waals surface area contributed by atoms with Gasteiger partial charge in [0.2, 0.25) is 0 Å². The number of rotatable bonds is 1. The number of fused-ring (bicyclic) bond motifs is 1. The summed E-state index contributed by atoms with van der Waals surface area (Å²) in [6.45, 7) is 2.08. The van der Waals surface area contributed by atoms with Gasteiger partial charge in [0.25, 0.3) is 0 Å². The smallest absolute Gasteiger partial charge is 0.186 e. The standard InChI is InChI=1S/C8H10N2OS/c1-5-3-6-7(12-5)8(11-2)10-4-9-6/h3-4,8H,1-2H3,(H,9,10). The van der Waals surface area contributed by atoms with E-state index in [9.17, 15) is 0 Å². The third-order valence-electron chi connectivity index (χ3n) is 1.76. The molecule has 1 aromatic rings. The maximum Gasteiger partial charge on any atom is 0.186 e. The molecule has 0 saturated carbocycles. The van der Waals surface area contributed by atoms with Gasteiger partial charge in [-0.05, 0) is 13.0 Å². The second-order valence-corrected chi connectivity index (χ2v) is 3.93. The predicted molar refractivity (Wildman–Crippen MR) is 50.9 cm³/mol. The van der Waals surface area contributed by atoms with Crippen LogP contribution in [0.2, 0.25) is 0 Å². The summed E-state index contributed by atoms with van der Waals surface area (Å²) in [5, 5.41) is 3.09. The van der Waals surface area contributed by atoms with Crippen LogP contribution in [0.5, 0.6) is 0 Å². The number of nitrogens with one attached hydrogen (secondary N) is 1. The van der Waals surface area contributed by atoms with Crippen molar-refractivity contribution in [1.29, 1.82) is 0 Å². The van der Waals surface area contributed by atoms with Crippen molar-refractivity contribution in [1.82, 2.24) is 0 Å². The monoisotopic (exact) mass is 182 g/mol. The number of anilines is 1. The number of nitrogens with zero attached hydrogens (tertiary/aromatic N) is 1. The van der Waals surface area contributed by atoms with Crippen molar-refractivity contribution in [3.05, 3.63) is 15.8 Å². The summed E-state index contributed by atoms with van der Waals surface area (Å²) in [5.74, 6) is 0. The van der Waals surface area contributed by atoms with Gasteiger partial charge in [0.15, 0.2) is 6.23 Å². The number of thiophene rings is 1. The molecule has 1 aliphatic rings. The van der Waals surface area contributed by atoms with Gasteiger partial charge in [0.05, 0.1) is 16.9 Å². The van der Waals surface area contributed by atoms with E-state index in [4.69, 9.17) is 4.74 Å². The van der Waals surface area contributed by atoms with Crippen LogP contribution in [0.3, 0.4) is 0 Å². The van der Waals surface area contributed by atoms with E-state index in [-0.39, 0.29) is 6.23 Å². The van der Waals surface area contributed by atoms with Crippen LogP contribution in [0.1, 0.15) is 16.0 Å². The van der Waals surface area contributed by atoms with E-state index < -0.39 is 0 Å². The molecule has 2 heterocycles. The fraction of sp³-hybridized carbons (Fsp3) is 0.375. The Balaban J connectivity index is 2.42. The molecule has 12 heavy (non-hydrogen) atoms. The number of aryl methyl sites for hydroxylation is 1. The SMILES string of the molecule is COC1N=CNc2cc(C)sc21. The first-order valence-corrected chi connectivity index (χ1v) is 4.54. The fourth-order valence-electron chi connectivity index (χ4n) is 1.24. The summed E-state index contributed by atoms with van der Waals surface area (Å²) in [6, 6.07) is 2.11. The second-order valence-electron chi connectivity index (χ2n) is 2.65. The average Bonchev–Trinajstić information content (AvgIpc) is 2.44. The molecule has 0 aromatic carbocycles. The van der Waals surface area contributed by atoms with Crippen LogP contribution in [0.25, 0.3) is 0 Å². The first kappa shape index (κ1) is 7.76. The normalized spacial score (nSPS) is 20.3. The van der Waals surface area contributed by atoms with Crippen LogP contribution in [0.15, 0.2) is 11.1 Å². The van der Waals surface area contributed by atoms with Gasteiger partial charge < -0.3 is 10.1 Å². The molecule has 0 radical (unpaired) electrons. The number of ether oxygens (including phenoxy) is 1. The van der Waals surface area contributed by atoms with E-state index in [1.54, 1.807) is 24.8 Å². The molecule has 0 aliphatic carbocycles. The highest BCUT2D eigenvalue weighted by Crippen LogP contribution is 2.35. The lowest BCUT2D eigenvalue weighted by Crippen LogP contribution is -2.08. The zero-order valence-corrected chi connectivity index (χ0v) is 7.81. The van der Waals surface area contributed by atoms with Crippen LogP contribution in [0, 0.1) is 6.92 Å². The molecule has 1 unspecified atom stereocenters. The molecule has 1 atom stereocenters. The van der Waals surface area contributed by atoms with Crippen LogP contribution < -0.4 is 5.32 Å². The number of hydrogen-bond acceptors (Lipinski definition) is 4. The molecule has 1 aromatic heterocycles. The molecular weight excluding hydrogens is 172 g/mol. The van der Waals surface area contributed by atoms with Crippen molar-refractivity contribution in [2.75, 3.05) is 12.4 Å². The van der Waals surface area contributed by atoms with Crippen LogP contribution in [-0.4, -0.2) is 13.4 Å². The summed E-state index contributed by atoms with van der Waals surface area (Å²) >= 11 is 1.72. The van der Waals surface area contributed by atoms with Gasteiger partial charge in [-0.1, -0.05) is 0 Å². The summed E-state index contributed by atoms with van der Waals surface area (Å²) in [7, 11) is 1.67. The molecule has 64 valence electrons. The Hall–Kier alpha value is -0.870. The lowest BCUT2D eigenvalue weighted by atomic mass is 10.3. The Morgan fingerprint density at radius 3 is 3.25 bits per heavy atom. The highest BCUT2D eigenvalue weighted by Gasteiger charge is 2.18. The van der Waals surface area contributed by atoms with E-state index in [0.29, 0.717) is 0 Å². The van der Waals surface area contributed by atoms with Crippen molar-refractivity contribution in [3.8, 4) is 0 Å². The van der Waals surface area contributed by atoms with Gasteiger partial charge in [-0.25, -0.2) is 4.99 Å². The van der Waals surface area contributed by atoms with Crippen LogP contribution in [-0.2, 0) is 4.74 Å². The molecule has 4 heteroatoms. The van der Waals surface area contributed by atoms with Crippen molar-refractivity contribution < 1.29 is 4.74 Å². The number of hydrogen-bond donors (Lipinski definition) is 1. The first-order valence-electron chi connectivity index (χ1n) is 3.72. The van der Waals surface area contributed by atoms with Gasteiger partial charge >= 0.3 is 0 Å². The Labute approximate surface area is 75.1 Å². The maximum atomic E-state index is 5.20. The topological polar surface area (TPSA) is 33.6 Å². The summed E-state index contributed by atoms with van der Waals surface area (Å²) in [5.41, 5.74) is 1.12. The van der Waals surface area contributed by atoms with E-state index in [1.807, 2.05) is 0 Å². The molecule has 1 aliphatic heterocycles. The predicted octanol–water partition coefficient (Wildman–Crippen LogP) is 2.16. The number of methoxy groups -OCH3 is 1. The minimum atomic E-state index is -0.111. The lowest BCUT2D eigenvalue weighted by molar-refractivity contribution is 0.114. The van der Waals surface area contributed by atoms with E-state index in [1.165, 1.54) is 4.88 Å². The fourth-order valence-corrected chi connectivity index (χ4v) is 2.25. The minimum Gasteiger partial charge on any atom is -0.355 e. The number of aliphatic imine (C=N–C) groups is 1. The third-order valence-corrected chi connectivity index (χ3v) is 2.84. The zero-order valence-electron chi connectivity index (χ0n) is 7.00. The third kappa shape index (κ3) is 1.13. The van der Waals surface area contributed by atoms with Crippen LogP contribution in [0.4, 0.5) is 5.69 Å².